The first-order chi connectivity index (χ1) is 9.70. The van der Waals surface area contributed by atoms with Crippen molar-refractivity contribution in [2.75, 3.05) is 17.2 Å². The van der Waals surface area contributed by atoms with E-state index in [2.05, 4.69) is 10.6 Å². The van der Waals surface area contributed by atoms with E-state index in [0.717, 1.165) is 22.9 Å². The molecule has 0 fully saturated rings. The summed E-state index contributed by atoms with van der Waals surface area (Å²) in [6.07, 6.45) is 0.882. The summed E-state index contributed by atoms with van der Waals surface area (Å²) in [5.74, 6) is -0.332. The monoisotopic (exact) mass is 292 g/mol. The fraction of sp³-hybridized carbons (Fsp3) is 0.214. The van der Waals surface area contributed by atoms with Crippen molar-refractivity contribution in [2.45, 2.75) is 13.0 Å². The molecule has 1 aromatic heterocycles. The van der Waals surface area contributed by atoms with Gasteiger partial charge in [-0.1, -0.05) is 0 Å². The first kappa shape index (κ1) is 13.1. The standard InChI is InChI=1S/C14H13FN2O2S/c15-10-1-3-11(4-2-10)16-14(18)17-13-7-9-5-6-19-8-12(9)20-13/h1-4,7H,5-6,8H2,(H2,16,17,18). The summed E-state index contributed by atoms with van der Waals surface area (Å²) in [5, 5.41) is 6.23. The average molecular weight is 292 g/mol. The normalized spacial score (nSPS) is 13.7. The predicted molar refractivity (Wildman–Crippen MR) is 76.7 cm³/mol. The topological polar surface area (TPSA) is 50.4 Å². The Bertz CT molecular complexity index is 601. The van der Waals surface area contributed by atoms with Crippen molar-refractivity contribution in [3.63, 3.8) is 0 Å². The summed E-state index contributed by atoms with van der Waals surface area (Å²) in [6, 6.07) is 7.28. The lowest BCUT2D eigenvalue weighted by Crippen LogP contribution is -2.18. The van der Waals surface area contributed by atoms with E-state index in [1.807, 2.05) is 6.07 Å². The van der Waals surface area contributed by atoms with Crippen LogP contribution >= 0.6 is 11.3 Å². The highest BCUT2D eigenvalue weighted by molar-refractivity contribution is 7.16. The van der Waals surface area contributed by atoms with Crippen LogP contribution in [0.25, 0.3) is 0 Å². The zero-order chi connectivity index (χ0) is 13.9. The number of amides is 2. The van der Waals surface area contributed by atoms with Gasteiger partial charge >= 0.3 is 6.03 Å². The van der Waals surface area contributed by atoms with Crippen molar-refractivity contribution < 1.29 is 13.9 Å². The van der Waals surface area contributed by atoms with Crippen molar-refractivity contribution in [3.05, 3.63) is 46.6 Å². The van der Waals surface area contributed by atoms with Gasteiger partial charge in [0.25, 0.3) is 0 Å². The third kappa shape index (κ3) is 2.97. The Kier molecular flexibility index (Phi) is 3.66. The Labute approximate surface area is 119 Å². The minimum atomic E-state index is -0.337. The number of fused-ring (bicyclic) bond motifs is 1. The molecule has 0 spiro atoms. The summed E-state index contributed by atoms with van der Waals surface area (Å²) in [6.45, 7) is 1.34. The number of anilines is 2. The van der Waals surface area contributed by atoms with Crippen LogP contribution < -0.4 is 10.6 Å². The Morgan fingerprint density at radius 1 is 1.25 bits per heavy atom. The van der Waals surface area contributed by atoms with Gasteiger partial charge in [0, 0.05) is 10.6 Å². The molecule has 2 amide bonds. The summed E-state index contributed by atoms with van der Waals surface area (Å²) < 4.78 is 18.1. The smallest absolute Gasteiger partial charge is 0.324 e. The van der Waals surface area contributed by atoms with Gasteiger partial charge in [-0.15, -0.1) is 11.3 Å². The van der Waals surface area contributed by atoms with Crippen molar-refractivity contribution in [2.24, 2.45) is 0 Å². The Morgan fingerprint density at radius 3 is 2.80 bits per heavy atom. The quantitative estimate of drug-likeness (QED) is 0.888. The zero-order valence-corrected chi connectivity index (χ0v) is 11.4. The average Bonchev–Trinajstić information content (AvgIpc) is 2.83. The summed E-state index contributed by atoms with van der Waals surface area (Å²) in [4.78, 5) is 13.0. The number of nitrogens with one attached hydrogen (secondary N) is 2. The van der Waals surface area contributed by atoms with Gasteiger partial charge < -0.3 is 10.1 Å². The summed E-state index contributed by atoms with van der Waals surface area (Å²) in [7, 11) is 0. The number of halogens is 1. The molecule has 3 rings (SSSR count). The molecule has 20 heavy (non-hydrogen) atoms. The van der Waals surface area contributed by atoms with Gasteiger partial charge in [-0.2, -0.15) is 0 Å². The largest absolute Gasteiger partial charge is 0.376 e. The Morgan fingerprint density at radius 2 is 2.05 bits per heavy atom. The molecule has 1 aromatic carbocycles. The van der Waals surface area contributed by atoms with E-state index < -0.39 is 0 Å². The van der Waals surface area contributed by atoms with Crippen LogP contribution in [0.4, 0.5) is 19.9 Å². The van der Waals surface area contributed by atoms with Gasteiger partial charge in [0.15, 0.2) is 0 Å². The molecule has 0 bridgehead atoms. The summed E-state index contributed by atoms with van der Waals surface area (Å²) >= 11 is 1.52. The minimum Gasteiger partial charge on any atom is -0.376 e. The van der Waals surface area contributed by atoms with Crippen LogP contribution in [0, 0.1) is 5.82 Å². The van der Waals surface area contributed by atoms with Gasteiger partial charge in [-0.3, -0.25) is 5.32 Å². The fourth-order valence-electron chi connectivity index (χ4n) is 2.02. The van der Waals surface area contributed by atoms with Gasteiger partial charge in [0.1, 0.15) is 5.82 Å². The van der Waals surface area contributed by atoms with Gasteiger partial charge in [0.2, 0.25) is 0 Å². The lowest BCUT2D eigenvalue weighted by Gasteiger charge is -2.10. The van der Waals surface area contributed by atoms with E-state index in [1.165, 1.54) is 41.2 Å². The van der Waals surface area contributed by atoms with E-state index in [-0.39, 0.29) is 11.8 Å². The second-order valence-electron chi connectivity index (χ2n) is 4.45. The van der Waals surface area contributed by atoms with Gasteiger partial charge in [-0.05, 0) is 42.3 Å². The molecule has 1 aliphatic rings. The highest BCUT2D eigenvalue weighted by atomic mass is 32.1. The highest BCUT2D eigenvalue weighted by Gasteiger charge is 2.14. The Balaban J connectivity index is 1.63. The molecule has 2 heterocycles. The third-order valence-corrected chi connectivity index (χ3v) is 4.05. The first-order valence-electron chi connectivity index (χ1n) is 6.23. The SMILES string of the molecule is O=C(Nc1ccc(F)cc1)Nc1cc2c(s1)COCC2. The lowest BCUT2D eigenvalue weighted by atomic mass is 10.2. The van der Waals surface area contributed by atoms with E-state index in [0.29, 0.717) is 12.3 Å². The molecule has 0 atom stereocenters. The van der Waals surface area contributed by atoms with Crippen molar-refractivity contribution in [1.29, 1.82) is 0 Å². The van der Waals surface area contributed by atoms with Crippen LogP contribution in [-0.2, 0) is 17.8 Å². The maximum Gasteiger partial charge on any atom is 0.324 e. The second kappa shape index (κ2) is 5.60. The van der Waals surface area contributed by atoms with Crippen LogP contribution in [0.2, 0.25) is 0 Å². The van der Waals surface area contributed by atoms with Crippen LogP contribution in [0.1, 0.15) is 10.4 Å². The van der Waals surface area contributed by atoms with Crippen LogP contribution in [0.15, 0.2) is 30.3 Å². The number of benzene rings is 1. The van der Waals surface area contributed by atoms with E-state index in [4.69, 9.17) is 4.74 Å². The zero-order valence-electron chi connectivity index (χ0n) is 10.6. The predicted octanol–water partition coefficient (Wildman–Crippen LogP) is 3.60. The van der Waals surface area contributed by atoms with E-state index in [1.54, 1.807) is 0 Å². The maximum atomic E-state index is 12.8. The molecular weight excluding hydrogens is 279 g/mol. The molecule has 104 valence electrons. The number of carbonyl (C=O) groups is 1. The molecule has 2 N–H and O–H groups in total. The number of urea groups is 1. The summed E-state index contributed by atoms with van der Waals surface area (Å²) in [5.41, 5.74) is 1.78. The molecule has 0 aliphatic carbocycles. The molecule has 0 unspecified atom stereocenters. The number of rotatable bonds is 2. The molecular formula is C14H13FN2O2S. The molecule has 2 aromatic rings. The van der Waals surface area contributed by atoms with Gasteiger partial charge in [-0.25, -0.2) is 9.18 Å². The maximum absolute atomic E-state index is 12.8. The molecule has 4 nitrogen and oxygen atoms in total. The molecule has 0 saturated carbocycles. The molecule has 1 aliphatic heterocycles. The number of hydrogen-bond acceptors (Lipinski definition) is 3. The number of carbonyl (C=O) groups excluding carboxylic acids is 1. The lowest BCUT2D eigenvalue weighted by molar-refractivity contribution is 0.113. The van der Waals surface area contributed by atoms with E-state index in [9.17, 15) is 9.18 Å². The molecule has 0 saturated heterocycles. The molecule has 0 radical (unpaired) electrons. The number of ether oxygens (including phenoxy) is 1. The van der Waals surface area contributed by atoms with Crippen molar-refractivity contribution in [1.82, 2.24) is 0 Å². The fourth-order valence-corrected chi connectivity index (χ4v) is 3.06. The van der Waals surface area contributed by atoms with Crippen LogP contribution in [0.5, 0.6) is 0 Å². The van der Waals surface area contributed by atoms with Crippen LogP contribution in [0.3, 0.4) is 0 Å². The van der Waals surface area contributed by atoms with Crippen molar-refractivity contribution in [3.8, 4) is 0 Å². The third-order valence-electron chi connectivity index (χ3n) is 2.98. The number of hydrogen-bond donors (Lipinski definition) is 2. The Hall–Kier alpha value is -1.92. The van der Waals surface area contributed by atoms with Gasteiger partial charge in [0.05, 0.1) is 18.2 Å². The van der Waals surface area contributed by atoms with E-state index >= 15 is 0 Å². The second-order valence-corrected chi connectivity index (χ2v) is 5.58. The van der Waals surface area contributed by atoms with Crippen LogP contribution in [-0.4, -0.2) is 12.6 Å². The molecule has 6 heteroatoms. The minimum absolute atomic E-state index is 0.332. The van der Waals surface area contributed by atoms with Crippen molar-refractivity contribution >= 4 is 28.1 Å². The number of thiophene rings is 1. The highest BCUT2D eigenvalue weighted by Crippen LogP contribution is 2.30. The first-order valence-corrected chi connectivity index (χ1v) is 7.05.